The van der Waals surface area contributed by atoms with E-state index in [4.69, 9.17) is 4.74 Å². The Morgan fingerprint density at radius 2 is 1.93 bits per heavy atom. The molecule has 0 atom stereocenters. The third-order valence-corrected chi connectivity index (χ3v) is 6.67. The predicted octanol–water partition coefficient (Wildman–Crippen LogP) is 4.49. The first kappa shape index (κ1) is 18.1. The lowest BCUT2D eigenvalue weighted by Crippen LogP contribution is -2.23. The van der Waals surface area contributed by atoms with Gasteiger partial charge in [-0.1, -0.05) is 36.4 Å². The molecule has 0 amide bonds. The number of carbonyl (C=O) groups excluding carboxylic acids is 1. The average Bonchev–Trinajstić information content (AvgIpc) is 3.13. The average molecular weight is 404 g/mol. The zero-order chi connectivity index (χ0) is 19.8. The summed E-state index contributed by atoms with van der Waals surface area (Å²) in [7, 11) is 0. The van der Waals surface area contributed by atoms with E-state index in [1.807, 2.05) is 36.4 Å². The zero-order valence-corrected chi connectivity index (χ0v) is 16.7. The van der Waals surface area contributed by atoms with Gasteiger partial charge in [0.1, 0.15) is 10.6 Å². The van der Waals surface area contributed by atoms with Crippen molar-refractivity contribution >= 4 is 38.3 Å². The molecule has 0 N–H and O–H groups in total. The summed E-state index contributed by atoms with van der Waals surface area (Å²) >= 11 is 1.63. The van der Waals surface area contributed by atoms with Gasteiger partial charge in [0, 0.05) is 16.8 Å². The Hall–Kier alpha value is -2.99. The molecule has 0 aliphatic heterocycles. The maximum atomic E-state index is 13.0. The number of thiophene rings is 1. The number of aromatic nitrogens is 2. The zero-order valence-electron chi connectivity index (χ0n) is 15.9. The van der Waals surface area contributed by atoms with Gasteiger partial charge in [-0.3, -0.25) is 14.2 Å². The minimum Gasteiger partial charge on any atom is -0.426 e. The summed E-state index contributed by atoms with van der Waals surface area (Å²) in [4.78, 5) is 32.0. The van der Waals surface area contributed by atoms with Crippen LogP contribution in [0.2, 0.25) is 0 Å². The van der Waals surface area contributed by atoms with Crippen molar-refractivity contribution in [2.75, 3.05) is 0 Å². The Labute approximate surface area is 171 Å². The molecule has 0 bridgehead atoms. The van der Waals surface area contributed by atoms with E-state index in [1.165, 1.54) is 21.4 Å². The Kier molecular flexibility index (Phi) is 4.64. The van der Waals surface area contributed by atoms with Crippen molar-refractivity contribution in [1.29, 1.82) is 0 Å². The number of aryl methyl sites for hydroxylation is 3. The highest BCUT2D eigenvalue weighted by Crippen LogP contribution is 2.33. The largest absolute Gasteiger partial charge is 0.426 e. The lowest BCUT2D eigenvalue weighted by molar-refractivity contribution is -0.134. The van der Waals surface area contributed by atoms with Crippen molar-refractivity contribution in [3.63, 3.8) is 0 Å². The van der Waals surface area contributed by atoms with Gasteiger partial charge in [0.05, 0.1) is 18.1 Å². The van der Waals surface area contributed by atoms with Crippen molar-refractivity contribution in [2.45, 2.75) is 38.6 Å². The van der Waals surface area contributed by atoms with Crippen LogP contribution in [0.1, 0.15) is 29.7 Å². The van der Waals surface area contributed by atoms with Crippen LogP contribution in [0.4, 0.5) is 0 Å². The van der Waals surface area contributed by atoms with Crippen molar-refractivity contribution < 1.29 is 9.53 Å². The van der Waals surface area contributed by atoms with E-state index >= 15 is 0 Å². The van der Waals surface area contributed by atoms with Crippen molar-refractivity contribution in [3.05, 3.63) is 69.6 Å². The standard InChI is InChI=1S/C23H20N2O3S/c26-20(28-18-10-5-7-15-6-1-2-8-16(15)18)12-13-25-14-24-22-21(23(25)27)17-9-3-4-11-19(17)29-22/h1-2,5-8,10,14H,3-4,9,11-13H2. The number of hydrogen-bond donors (Lipinski definition) is 0. The molecule has 0 saturated carbocycles. The molecule has 1 aliphatic rings. The molecule has 29 heavy (non-hydrogen) atoms. The molecule has 0 saturated heterocycles. The number of esters is 1. The highest BCUT2D eigenvalue weighted by molar-refractivity contribution is 7.18. The van der Waals surface area contributed by atoms with Crippen LogP contribution in [0, 0.1) is 0 Å². The highest BCUT2D eigenvalue weighted by atomic mass is 32.1. The van der Waals surface area contributed by atoms with E-state index in [0.29, 0.717) is 5.75 Å². The minimum absolute atomic E-state index is 0.0487. The fourth-order valence-electron chi connectivity index (χ4n) is 4.01. The maximum absolute atomic E-state index is 13.0. The molecule has 2 aromatic carbocycles. The van der Waals surface area contributed by atoms with E-state index in [-0.39, 0.29) is 24.5 Å². The molecule has 146 valence electrons. The molecular weight excluding hydrogens is 384 g/mol. The molecule has 0 spiro atoms. The molecule has 2 heterocycles. The molecule has 5 rings (SSSR count). The minimum atomic E-state index is -0.360. The SMILES string of the molecule is O=C(CCn1cnc2sc3c(c2c1=O)CCCC3)Oc1cccc2ccccc12. The smallest absolute Gasteiger partial charge is 0.313 e. The second-order valence-electron chi connectivity index (χ2n) is 7.34. The molecule has 0 fully saturated rings. The number of carbonyl (C=O) groups is 1. The van der Waals surface area contributed by atoms with Crippen LogP contribution in [0.5, 0.6) is 5.75 Å². The van der Waals surface area contributed by atoms with E-state index in [0.717, 1.165) is 40.3 Å². The fourth-order valence-corrected chi connectivity index (χ4v) is 5.23. The summed E-state index contributed by atoms with van der Waals surface area (Å²) in [5, 5.41) is 2.66. The summed E-state index contributed by atoms with van der Waals surface area (Å²) in [5.74, 6) is 0.182. The number of nitrogens with zero attached hydrogens (tertiary/aromatic N) is 2. The Balaban J connectivity index is 1.36. The van der Waals surface area contributed by atoms with Gasteiger partial charge in [-0.05, 0) is 42.7 Å². The number of rotatable bonds is 4. The first-order valence-corrected chi connectivity index (χ1v) is 10.7. The van der Waals surface area contributed by atoms with Crippen LogP contribution < -0.4 is 10.3 Å². The fraction of sp³-hybridized carbons (Fsp3) is 0.261. The van der Waals surface area contributed by atoms with Gasteiger partial charge in [0.25, 0.3) is 5.56 Å². The Bertz CT molecular complexity index is 1280. The van der Waals surface area contributed by atoms with Gasteiger partial charge in [-0.15, -0.1) is 11.3 Å². The first-order chi connectivity index (χ1) is 14.2. The number of fused-ring (bicyclic) bond motifs is 4. The second-order valence-corrected chi connectivity index (χ2v) is 8.42. The first-order valence-electron chi connectivity index (χ1n) is 9.89. The summed E-state index contributed by atoms with van der Waals surface area (Å²) in [6.45, 7) is 0.260. The van der Waals surface area contributed by atoms with Crippen molar-refractivity contribution in [2.24, 2.45) is 0 Å². The number of ether oxygens (including phenoxy) is 1. The Morgan fingerprint density at radius 3 is 2.86 bits per heavy atom. The molecule has 1 aliphatic carbocycles. The van der Waals surface area contributed by atoms with Crippen molar-refractivity contribution in [3.8, 4) is 5.75 Å². The topological polar surface area (TPSA) is 61.2 Å². The molecule has 0 radical (unpaired) electrons. The molecule has 5 nitrogen and oxygen atoms in total. The second kappa shape index (κ2) is 7.44. The summed E-state index contributed by atoms with van der Waals surface area (Å²) in [5.41, 5.74) is 1.12. The molecular formula is C23H20N2O3S. The van der Waals surface area contributed by atoms with Crippen LogP contribution in [-0.4, -0.2) is 15.5 Å². The monoisotopic (exact) mass is 404 g/mol. The van der Waals surface area contributed by atoms with E-state index < -0.39 is 0 Å². The summed E-state index contributed by atoms with van der Waals surface area (Å²) in [6.07, 6.45) is 5.94. The van der Waals surface area contributed by atoms with E-state index in [2.05, 4.69) is 4.98 Å². The molecule has 0 unspecified atom stereocenters. The van der Waals surface area contributed by atoms with Gasteiger partial charge in [-0.25, -0.2) is 4.98 Å². The quantitative estimate of drug-likeness (QED) is 0.372. The van der Waals surface area contributed by atoms with Crippen LogP contribution in [0.3, 0.4) is 0 Å². The molecule has 4 aromatic rings. The lowest BCUT2D eigenvalue weighted by Gasteiger charge is -2.11. The molecule has 2 aromatic heterocycles. The van der Waals surface area contributed by atoms with Crippen molar-refractivity contribution in [1.82, 2.24) is 9.55 Å². The third kappa shape index (κ3) is 3.34. The highest BCUT2D eigenvalue weighted by Gasteiger charge is 2.20. The summed E-state index contributed by atoms with van der Waals surface area (Å²) in [6, 6.07) is 13.4. The van der Waals surface area contributed by atoms with Crippen LogP contribution in [-0.2, 0) is 24.2 Å². The number of hydrogen-bond acceptors (Lipinski definition) is 5. The van der Waals surface area contributed by atoms with E-state index in [9.17, 15) is 9.59 Å². The lowest BCUT2D eigenvalue weighted by atomic mass is 9.97. The van der Waals surface area contributed by atoms with Gasteiger partial charge < -0.3 is 4.74 Å². The predicted molar refractivity (Wildman–Crippen MR) is 115 cm³/mol. The van der Waals surface area contributed by atoms with Gasteiger partial charge in [0.2, 0.25) is 0 Å². The van der Waals surface area contributed by atoms with E-state index in [1.54, 1.807) is 23.7 Å². The Morgan fingerprint density at radius 1 is 1.10 bits per heavy atom. The van der Waals surface area contributed by atoms with Crippen LogP contribution >= 0.6 is 11.3 Å². The van der Waals surface area contributed by atoms with Gasteiger partial charge in [0.15, 0.2) is 0 Å². The summed E-state index contributed by atoms with van der Waals surface area (Å²) < 4.78 is 7.12. The maximum Gasteiger partial charge on any atom is 0.313 e. The third-order valence-electron chi connectivity index (χ3n) is 5.47. The number of benzene rings is 2. The van der Waals surface area contributed by atoms with Gasteiger partial charge in [-0.2, -0.15) is 0 Å². The molecule has 6 heteroatoms. The van der Waals surface area contributed by atoms with Gasteiger partial charge >= 0.3 is 5.97 Å². The van der Waals surface area contributed by atoms with Crippen LogP contribution in [0.15, 0.2) is 53.6 Å². The normalized spacial score (nSPS) is 13.5. The van der Waals surface area contributed by atoms with Crippen LogP contribution in [0.25, 0.3) is 21.0 Å².